The van der Waals surface area contributed by atoms with Crippen molar-refractivity contribution in [3.8, 4) is 0 Å². The van der Waals surface area contributed by atoms with Gasteiger partial charge < -0.3 is 20.4 Å². The molecule has 4 rings (SSSR count). The zero-order chi connectivity index (χ0) is 27.7. The Hall–Kier alpha value is -2.12. The summed E-state index contributed by atoms with van der Waals surface area (Å²) in [6.07, 6.45) is 2.98. The van der Waals surface area contributed by atoms with Crippen molar-refractivity contribution in [3.63, 3.8) is 0 Å². The van der Waals surface area contributed by atoms with Gasteiger partial charge in [-0.3, -0.25) is 9.59 Å². The van der Waals surface area contributed by atoms with Gasteiger partial charge in [-0.05, 0) is 55.1 Å². The summed E-state index contributed by atoms with van der Waals surface area (Å²) >= 11 is 12.7. The Bertz CT molecular complexity index is 1190. The lowest BCUT2D eigenvalue weighted by Gasteiger charge is -2.46. The van der Waals surface area contributed by atoms with Crippen molar-refractivity contribution in [2.75, 3.05) is 40.3 Å². The second kappa shape index (κ2) is 11.2. The Morgan fingerprint density at radius 1 is 1.11 bits per heavy atom. The number of piperidine rings is 1. The van der Waals surface area contributed by atoms with E-state index in [1.165, 1.54) is 5.56 Å². The van der Waals surface area contributed by atoms with E-state index in [0.29, 0.717) is 23.0 Å². The standard InChI is InChI=1S/C30H40Cl2N4O2/c1-28(2,3)27(38)35(5)20-30(33-4,22-10-11-24(31)25(32)19-22)14-17-36-15-12-29(13-16-36)23-9-7-6-8-21(23)18-26(37)34-29/h6-11,19,33H,12-18,20H2,1-5H3,(H,34,37)/t30-/m1/s1. The normalized spacial score (nSPS) is 19.0. The van der Waals surface area contributed by atoms with Crippen molar-refractivity contribution in [1.82, 2.24) is 20.4 Å². The summed E-state index contributed by atoms with van der Waals surface area (Å²) in [7, 11) is 3.81. The van der Waals surface area contributed by atoms with E-state index >= 15 is 0 Å². The van der Waals surface area contributed by atoms with Crippen molar-refractivity contribution in [2.24, 2.45) is 5.41 Å². The number of hydrogen-bond acceptors (Lipinski definition) is 4. The molecule has 0 aliphatic carbocycles. The molecule has 2 amide bonds. The Morgan fingerprint density at radius 2 is 1.79 bits per heavy atom. The first-order valence-corrected chi connectivity index (χ1v) is 14.2. The number of nitrogens with one attached hydrogen (secondary N) is 2. The first-order chi connectivity index (χ1) is 17.9. The Morgan fingerprint density at radius 3 is 2.42 bits per heavy atom. The molecular formula is C30H40Cl2N4O2. The highest BCUT2D eigenvalue weighted by Crippen LogP contribution is 2.39. The van der Waals surface area contributed by atoms with Crippen LogP contribution in [0.5, 0.6) is 0 Å². The monoisotopic (exact) mass is 558 g/mol. The number of nitrogens with zero attached hydrogens (tertiary/aromatic N) is 2. The van der Waals surface area contributed by atoms with E-state index in [-0.39, 0.29) is 17.4 Å². The molecule has 1 saturated heterocycles. The van der Waals surface area contributed by atoms with E-state index in [1.807, 2.05) is 64.0 Å². The minimum Gasteiger partial charge on any atom is -0.346 e. The molecule has 2 aromatic rings. The number of halogens is 2. The highest BCUT2D eigenvalue weighted by Gasteiger charge is 2.42. The molecule has 2 N–H and O–H groups in total. The second-order valence-corrected chi connectivity index (χ2v) is 12.7. The van der Waals surface area contributed by atoms with Crippen molar-refractivity contribution >= 4 is 35.0 Å². The van der Waals surface area contributed by atoms with Gasteiger partial charge >= 0.3 is 0 Å². The van der Waals surface area contributed by atoms with Gasteiger partial charge in [-0.25, -0.2) is 0 Å². The molecule has 1 fully saturated rings. The number of amides is 2. The lowest BCUT2D eigenvalue weighted by molar-refractivity contribution is -0.139. The molecule has 206 valence electrons. The molecular weight excluding hydrogens is 519 g/mol. The molecule has 0 saturated carbocycles. The van der Waals surface area contributed by atoms with Gasteiger partial charge in [0.1, 0.15) is 0 Å². The molecule has 0 unspecified atom stereocenters. The number of hydrogen-bond donors (Lipinski definition) is 2. The van der Waals surface area contributed by atoms with E-state index < -0.39 is 11.0 Å². The number of carbonyl (C=O) groups is 2. The van der Waals surface area contributed by atoms with Gasteiger partial charge in [0.25, 0.3) is 0 Å². The summed E-state index contributed by atoms with van der Waals surface area (Å²) in [4.78, 5) is 29.9. The van der Waals surface area contributed by atoms with Gasteiger partial charge in [0.2, 0.25) is 11.8 Å². The molecule has 1 atom stereocenters. The van der Waals surface area contributed by atoms with Gasteiger partial charge in [-0.1, -0.05) is 74.3 Å². The third kappa shape index (κ3) is 5.89. The number of rotatable bonds is 7. The van der Waals surface area contributed by atoms with Crippen LogP contribution in [0.3, 0.4) is 0 Å². The SMILES string of the molecule is CN[C@](CCN1CCC2(CC1)NC(=O)Cc1ccccc12)(CN(C)C(=O)C(C)(C)C)c1ccc(Cl)c(Cl)c1. The van der Waals surface area contributed by atoms with Crippen LogP contribution in [0.25, 0.3) is 0 Å². The smallest absolute Gasteiger partial charge is 0.227 e. The molecule has 0 radical (unpaired) electrons. The summed E-state index contributed by atoms with van der Waals surface area (Å²) in [6, 6.07) is 14.1. The molecule has 1 spiro atoms. The number of benzene rings is 2. The van der Waals surface area contributed by atoms with Gasteiger partial charge in [0.15, 0.2) is 0 Å². The van der Waals surface area contributed by atoms with Crippen molar-refractivity contribution in [1.29, 1.82) is 0 Å². The Kier molecular flexibility index (Phi) is 8.49. The summed E-state index contributed by atoms with van der Waals surface area (Å²) in [5, 5.41) is 7.89. The average molecular weight is 560 g/mol. The summed E-state index contributed by atoms with van der Waals surface area (Å²) in [5.74, 6) is 0.196. The Labute approximate surface area is 237 Å². The second-order valence-electron chi connectivity index (χ2n) is 11.9. The number of fused-ring (bicyclic) bond motifs is 2. The van der Waals surface area contributed by atoms with E-state index in [1.54, 1.807) is 0 Å². The van der Waals surface area contributed by atoms with Crippen LogP contribution in [0.1, 0.15) is 56.7 Å². The fraction of sp³-hybridized carbons (Fsp3) is 0.533. The lowest BCUT2D eigenvalue weighted by atomic mass is 9.75. The molecule has 2 heterocycles. The lowest BCUT2D eigenvalue weighted by Crippen LogP contribution is -2.57. The maximum absolute atomic E-state index is 13.1. The van der Waals surface area contributed by atoms with Crippen LogP contribution < -0.4 is 10.6 Å². The van der Waals surface area contributed by atoms with E-state index in [0.717, 1.165) is 50.0 Å². The van der Waals surface area contributed by atoms with Crippen LogP contribution in [-0.4, -0.2) is 61.9 Å². The quantitative estimate of drug-likeness (QED) is 0.503. The van der Waals surface area contributed by atoms with Gasteiger partial charge in [-0.15, -0.1) is 0 Å². The molecule has 8 heteroatoms. The number of likely N-dealkylation sites (N-methyl/N-ethyl adjacent to an activating group) is 2. The largest absolute Gasteiger partial charge is 0.346 e. The van der Waals surface area contributed by atoms with Crippen LogP contribution in [0.4, 0.5) is 0 Å². The van der Waals surface area contributed by atoms with E-state index in [9.17, 15) is 9.59 Å². The Balaban J connectivity index is 1.53. The summed E-state index contributed by atoms with van der Waals surface area (Å²) in [5.41, 5.74) is 2.14. The predicted octanol–water partition coefficient (Wildman–Crippen LogP) is 4.97. The molecule has 2 aliphatic heterocycles. The highest BCUT2D eigenvalue weighted by atomic mass is 35.5. The zero-order valence-corrected chi connectivity index (χ0v) is 24.7. The van der Waals surface area contributed by atoms with Crippen LogP contribution >= 0.6 is 23.2 Å². The highest BCUT2D eigenvalue weighted by molar-refractivity contribution is 6.42. The fourth-order valence-electron chi connectivity index (χ4n) is 6.10. The topological polar surface area (TPSA) is 64.7 Å². The average Bonchev–Trinajstić information content (AvgIpc) is 2.88. The van der Waals surface area contributed by atoms with E-state index in [2.05, 4.69) is 33.7 Å². The molecule has 38 heavy (non-hydrogen) atoms. The van der Waals surface area contributed by atoms with Gasteiger partial charge in [0, 0.05) is 38.6 Å². The summed E-state index contributed by atoms with van der Waals surface area (Å²) < 4.78 is 0. The molecule has 2 aromatic carbocycles. The zero-order valence-electron chi connectivity index (χ0n) is 23.2. The number of carbonyl (C=O) groups excluding carboxylic acids is 2. The number of likely N-dealkylation sites (tertiary alicyclic amines) is 1. The van der Waals surface area contributed by atoms with Crippen molar-refractivity contribution in [3.05, 3.63) is 69.2 Å². The maximum Gasteiger partial charge on any atom is 0.227 e. The summed E-state index contributed by atoms with van der Waals surface area (Å²) in [6.45, 7) is 8.93. The minimum atomic E-state index is -0.509. The van der Waals surface area contributed by atoms with Crippen LogP contribution in [0.2, 0.25) is 10.0 Å². The van der Waals surface area contributed by atoms with Crippen LogP contribution in [0.15, 0.2) is 42.5 Å². The molecule has 0 bridgehead atoms. The molecule has 6 nitrogen and oxygen atoms in total. The fourth-order valence-corrected chi connectivity index (χ4v) is 6.40. The van der Waals surface area contributed by atoms with Crippen molar-refractivity contribution < 1.29 is 9.59 Å². The minimum absolute atomic E-state index is 0.0869. The first-order valence-electron chi connectivity index (χ1n) is 13.4. The van der Waals surface area contributed by atoms with Crippen molar-refractivity contribution in [2.45, 2.75) is 57.5 Å². The van der Waals surface area contributed by atoms with Gasteiger partial charge in [0.05, 0.1) is 27.5 Å². The molecule has 0 aromatic heterocycles. The van der Waals surface area contributed by atoms with Crippen LogP contribution in [0, 0.1) is 5.41 Å². The third-order valence-electron chi connectivity index (χ3n) is 8.27. The maximum atomic E-state index is 13.1. The van der Waals surface area contributed by atoms with E-state index in [4.69, 9.17) is 23.2 Å². The first kappa shape index (κ1) is 28.9. The van der Waals surface area contributed by atoms with Gasteiger partial charge in [-0.2, -0.15) is 0 Å². The third-order valence-corrected chi connectivity index (χ3v) is 9.01. The predicted molar refractivity (Wildman–Crippen MR) is 155 cm³/mol. The molecule has 2 aliphatic rings. The van der Waals surface area contributed by atoms with Crippen LogP contribution in [-0.2, 0) is 27.1 Å².